The molecular weight excluding hydrogens is 340 g/mol. The van der Waals surface area contributed by atoms with Crippen molar-refractivity contribution in [3.63, 3.8) is 0 Å². The van der Waals surface area contributed by atoms with E-state index in [0.717, 1.165) is 15.9 Å². The molecule has 0 aliphatic rings. The van der Waals surface area contributed by atoms with Gasteiger partial charge in [0.1, 0.15) is 11.6 Å². The van der Waals surface area contributed by atoms with Crippen molar-refractivity contribution in [3.05, 3.63) is 51.3 Å². The number of hydrogen-bond acceptors (Lipinski definition) is 2. The standard InChI is InChI=1S/C15H18BrF2N3/c1-4-21-13(15(16)9(2)20-21)8-12(19-3)14-10(17)6-5-7-11(14)18/h5-7,12,19H,4,8H2,1-3H3. The monoisotopic (exact) mass is 357 g/mol. The van der Waals surface area contributed by atoms with Gasteiger partial charge in [-0.05, 0) is 49.0 Å². The van der Waals surface area contributed by atoms with E-state index in [0.29, 0.717) is 13.0 Å². The van der Waals surface area contributed by atoms with Gasteiger partial charge in [-0.1, -0.05) is 6.07 Å². The second-order valence-electron chi connectivity index (χ2n) is 4.84. The molecule has 0 aliphatic carbocycles. The number of benzene rings is 1. The Morgan fingerprint density at radius 3 is 2.48 bits per heavy atom. The Morgan fingerprint density at radius 1 is 1.33 bits per heavy atom. The molecule has 0 saturated carbocycles. The third kappa shape index (κ3) is 3.16. The lowest BCUT2D eigenvalue weighted by molar-refractivity contribution is 0.475. The van der Waals surface area contributed by atoms with Crippen molar-refractivity contribution >= 4 is 15.9 Å². The van der Waals surface area contributed by atoms with Crippen molar-refractivity contribution in [2.24, 2.45) is 0 Å². The van der Waals surface area contributed by atoms with Crippen LogP contribution in [0.3, 0.4) is 0 Å². The summed E-state index contributed by atoms with van der Waals surface area (Å²) in [5.74, 6) is -1.07. The minimum absolute atomic E-state index is 0.0633. The minimum Gasteiger partial charge on any atom is -0.312 e. The number of nitrogens with zero attached hydrogens (tertiary/aromatic N) is 2. The van der Waals surface area contributed by atoms with E-state index >= 15 is 0 Å². The SMILES string of the molecule is CCn1nc(C)c(Br)c1CC(NC)c1c(F)cccc1F. The summed E-state index contributed by atoms with van der Waals surface area (Å²) in [7, 11) is 1.70. The average molecular weight is 358 g/mol. The first-order valence-corrected chi connectivity index (χ1v) is 7.61. The number of rotatable bonds is 5. The number of hydrogen-bond donors (Lipinski definition) is 1. The van der Waals surface area contributed by atoms with Crippen molar-refractivity contribution in [1.29, 1.82) is 0 Å². The summed E-state index contributed by atoms with van der Waals surface area (Å²) >= 11 is 3.51. The fourth-order valence-electron chi connectivity index (χ4n) is 2.45. The van der Waals surface area contributed by atoms with Gasteiger partial charge in [-0.25, -0.2) is 8.78 Å². The molecule has 1 atom stereocenters. The van der Waals surface area contributed by atoms with Crippen LogP contribution in [0, 0.1) is 18.6 Å². The van der Waals surface area contributed by atoms with E-state index in [2.05, 4.69) is 26.3 Å². The Kier molecular flexibility index (Phi) is 5.11. The van der Waals surface area contributed by atoms with Gasteiger partial charge in [0.25, 0.3) is 0 Å². The third-order valence-electron chi connectivity index (χ3n) is 3.55. The lowest BCUT2D eigenvalue weighted by Crippen LogP contribution is -2.23. The van der Waals surface area contributed by atoms with Gasteiger partial charge in [0.05, 0.1) is 15.9 Å². The van der Waals surface area contributed by atoms with Crippen LogP contribution in [0.25, 0.3) is 0 Å². The quantitative estimate of drug-likeness (QED) is 0.882. The van der Waals surface area contributed by atoms with Crippen LogP contribution >= 0.6 is 15.9 Å². The molecule has 2 aromatic rings. The van der Waals surface area contributed by atoms with Crippen molar-refractivity contribution in [1.82, 2.24) is 15.1 Å². The zero-order valence-corrected chi connectivity index (χ0v) is 13.8. The van der Waals surface area contributed by atoms with Gasteiger partial charge in [0, 0.05) is 24.6 Å². The lowest BCUT2D eigenvalue weighted by Gasteiger charge is -2.19. The molecule has 0 fully saturated rings. The predicted octanol–water partition coefficient (Wildman–Crippen LogP) is 3.76. The smallest absolute Gasteiger partial charge is 0.130 e. The Labute approximate surface area is 131 Å². The van der Waals surface area contributed by atoms with Crippen LogP contribution in [0.4, 0.5) is 8.78 Å². The van der Waals surface area contributed by atoms with Gasteiger partial charge in [-0.3, -0.25) is 4.68 Å². The Hall–Kier alpha value is -1.27. The first kappa shape index (κ1) is 16.1. The lowest BCUT2D eigenvalue weighted by atomic mass is 10.0. The number of nitrogens with one attached hydrogen (secondary N) is 1. The zero-order chi connectivity index (χ0) is 15.6. The maximum atomic E-state index is 14.0. The summed E-state index contributed by atoms with van der Waals surface area (Å²) in [6.07, 6.45) is 0.448. The third-order valence-corrected chi connectivity index (χ3v) is 4.58. The summed E-state index contributed by atoms with van der Waals surface area (Å²) in [5.41, 5.74) is 1.86. The van der Waals surface area contributed by atoms with E-state index in [1.165, 1.54) is 18.2 Å². The van der Waals surface area contributed by atoms with E-state index in [9.17, 15) is 8.78 Å². The Bertz CT molecular complexity index is 620. The second kappa shape index (κ2) is 6.66. The molecule has 2 rings (SSSR count). The average Bonchev–Trinajstić information content (AvgIpc) is 2.73. The first-order valence-electron chi connectivity index (χ1n) is 6.82. The molecule has 0 spiro atoms. The maximum Gasteiger partial charge on any atom is 0.130 e. The molecule has 0 saturated heterocycles. The molecule has 1 aromatic heterocycles. The molecule has 6 heteroatoms. The molecule has 21 heavy (non-hydrogen) atoms. The largest absolute Gasteiger partial charge is 0.312 e. The van der Waals surface area contributed by atoms with Gasteiger partial charge < -0.3 is 5.32 Å². The van der Waals surface area contributed by atoms with Crippen LogP contribution in [-0.2, 0) is 13.0 Å². The van der Waals surface area contributed by atoms with Crippen LogP contribution in [0.15, 0.2) is 22.7 Å². The molecule has 1 aromatic carbocycles. The topological polar surface area (TPSA) is 29.9 Å². The fraction of sp³-hybridized carbons (Fsp3) is 0.400. The first-order chi connectivity index (χ1) is 9.99. The summed E-state index contributed by atoms with van der Waals surface area (Å²) in [5, 5.41) is 7.40. The molecule has 0 bridgehead atoms. The normalized spacial score (nSPS) is 12.7. The second-order valence-corrected chi connectivity index (χ2v) is 5.64. The molecule has 1 N–H and O–H groups in total. The summed E-state index contributed by atoms with van der Waals surface area (Å²) < 4.78 is 30.7. The zero-order valence-electron chi connectivity index (χ0n) is 12.3. The van der Waals surface area contributed by atoms with E-state index in [1.54, 1.807) is 7.05 Å². The predicted molar refractivity (Wildman–Crippen MR) is 82.2 cm³/mol. The van der Waals surface area contributed by atoms with Crippen LogP contribution in [0.1, 0.15) is 29.9 Å². The summed E-state index contributed by atoms with van der Waals surface area (Å²) in [6.45, 7) is 4.59. The van der Waals surface area contributed by atoms with Crippen LogP contribution in [0.5, 0.6) is 0 Å². The molecule has 3 nitrogen and oxygen atoms in total. The van der Waals surface area contributed by atoms with E-state index in [-0.39, 0.29) is 5.56 Å². The van der Waals surface area contributed by atoms with E-state index in [1.807, 2.05) is 18.5 Å². The minimum atomic E-state index is -0.537. The summed E-state index contributed by atoms with van der Waals surface area (Å²) in [6, 6.07) is 3.47. The van der Waals surface area contributed by atoms with Gasteiger partial charge in [-0.2, -0.15) is 5.10 Å². The Morgan fingerprint density at radius 2 is 1.95 bits per heavy atom. The van der Waals surface area contributed by atoms with Crippen LogP contribution in [-0.4, -0.2) is 16.8 Å². The molecule has 114 valence electrons. The highest BCUT2D eigenvalue weighted by Gasteiger charge is 2.22. The number of aromatic nitrogens is 2. The van der Waals surface area contributed by atoms with Crippen molar-refractivity contribution in [2.45, 2.75) is 32.9 Å². The van der Waals surface area contributed by atoms with Crippen molar-refractivity contribution < 1.29 is 8.78 Å². The molecule has 1 unspecified atom stereocenters. The number of halogens is 3. The Balaban J connectivity index is 2.41. The van der Waals surface area contributed by atoms with Crippen LogP contribution in [0.2, 0.25) is 0 Å². The van der Waals surface area contributed by atoms with Gasteiger partial charge >= 0.3 is 0 Å². The number of aryl methyl sites for hydroxylation is 2. The molecule has 0 amide bonds. The maximum absolute atomic E-state index is 14.0. The molecule has 0 radical (unpaired) electrons. The highest BCUT2D eigenvalue weighted by molar-refractivity contribution is 9.10. The fourth-order valence-corrected chi connectivity index (χ4v) is 2.90. The van der Waals surface area contributed by atoms with Crippen LogP contribution < -0.4 is 5.32 Å². The van der Waals surface area contributed by atoms with Gasteiger partial charge in [-0.15, -0.1) is 0 Å². The van der Waals surface area contributed by atoms with Crippen molar-refractivity contribution in [2.75, 3.05) is 7.05 Å². The van der Waals surface area contributed by atoms with Gasteiger partial charge in [0.15, 0.2) is 0 Å². The number of likely N-dealkylation sites (N-methyl/N-ethyl adjacent to an activating group) is 1. The van der Waals surface area contributed by atoms with E-state index in [4.69, 9.17) is 0 Å². The molecular formula is C15H18BrF2N3. The molecule has 0 aliphatic heterocycles. The highest BCUT2D eigenvalue weighted by Crippen LogP contribution is 2.28. The summed E-state index contributed by atoms with van der Waals surface area (Å²) in [4.78, 5) is 0. The molecule has 1 heterocycles. The highest BCUT2D eigenvalue weighted by atomic mass is 79.9. The van der Waals surface area contributed by atoms with E-state index < -0.39 is 17.7 Å². The van der Waals surface area contributed by atoms with Gasteiger partial charge in [0.2, 0.25) is 0 Å². The van der Waals surface area contributed by atoms with Crippen molar-refractivity contribution in [3.8, 4) is 0 Å².